The number of aromatic nitrogens is 4. The molecule has 26 heavy (non-hydrogen) atoms. The van der Waals surface area contributed by atoms with E-state index >= 15 is 0 Å². The number of halogens is 2. The van der Waals surface area contributed by atoms with Gasteiger partial charge in [-0.25, -0.2) is 18.7 Å². The second-order valence-electron chi connectivity index (χ2n) is 5.72. The van der Waals surface area contributed by atoms with E-state index < -0.39 is 0 Å². The van der Waals surface area contributed by atoms with Gasteiger partial charge in [0.05, 0.1) is 12.2 Å². The minimum atomic E-state index is -0.372. The summed E-state index contributed by atoms with van der Waals surface area (Å²) in [6, 6.07) is 16.3. The van der Waals surface area contributed by atoms with Crippen molar-refractivity contribution in [2.24, 2.45) is 0 Å². The van der Waals surface area contributed by atoms with Crippen LogP contribution in [0.5, 0.6) is 0 Å². The summed E-state index contributed by atoms with van der Waals surface area (Å²) >= 11 is 0. The number of hydrogen-bond acceptors (Lipinski definition) is 3. The molecule has 0 saturated carbocycles. The molecule has 6 heteroatoms. The van der Waals surface area contributed by atoms with Crippen LogP contribution in [0.25, 0.3) is 22.8 Å². The summed E-state index contributed by atoms with van der Waals surface area (Å²) in [5.41, 5.74) is 1.89. The second-order valence-corrected chi connectivity index (χ2v) is 5.72. The quantitative estimate of drug-likeness (QED) is 0.551. The predicted molar refractivity (Wildman–Crippen MR) is 94.1 cm³/mol. The molecule has 0 saturated heterocycles. The van der Waals surface area contributed by atoms with E-state index in [2.05, 4.69) is 15.1 Å². The minimum absolute atomic E-state index is 0.170. The molecule has 0 aliphatic heterocycles. The van der Waals surface area contributed by atoms with Gasteiger partial charge in [0.25, 0.3) is 0 Å². The van der Waals surface area contributed by atoms with Crippen molar-refractivity contribution in [3.63, 3.8) is 0 Å². The SMILES string of the molecule is Fc1ccccc1Cn1nc(-c2ncccn2)cc1-c1ccccc1F. The molecule has 0 bridgehead atoms. The summed E-state index contributed by atoms with van der Waals surface area (Å²) in [5, 5.41) is 4.49. The lowest BCUT2D eigenvalue weighted by Crippen LogP contribution is -2.06. The van der Waals surface area contributed by atoms with E-state index in [9.17, 15) is 8.78 Å². The van der Waals surface area contributed by atoms with Gasteiger partial charge in [0.15, 0.2) is 5.82 Å². The van der Waals surface area contributed by atoms with E-state index in [0.717, 1.165) is 0 Å². The molecule has 0 N–H and O–H groups in total. The Labute approximate surface area is 148 Å². The Morgan fingerprint density at radius 3 is 2.23 bits per heavy atom. The highest BCUT2D eigenvalue weighted by molar-refractivity contribution is 5.66. The second kappa shape index (κ2) is 6.84. The molecule has 4 nitrogen and oxygen atoms in total. The molecular weight excluding hydrogens is 334 g/mol. The van der Waals surface area contributed by atoms with Crippen molar-refractivity contribution >= 4 is 0 Å². The summed E-state index contributed by atoms with van der Waals surface area (Å²) in [4.78, 5) is 8.38. The Morgan fingerprint density at radius 1 is 0.808 bits per heavy atom. The Balaban J connectivity index is 1.85. The molecule has 0 atom stereocenters. The van der Waals surface area contributed by atoms with Crippen molar-refractivity contribution in [2.45, 2.75) is 6.54 Å². The lowest BCUT2D eigenvalue weighted by atomic mass is 10.1. The number of benzene rings is 2. The van der Waals surface area contributed by atoms with Crippen LogP contribution in [0.1, 0.15) is 5.56 Å². The first-order valence-electron chi connectivity index (χ1n) is 8.06. The van der Waals surface area contributed by atoms with E-state index in [1.807, 2.05) is 0 Å². The van der Waals surface area contributed by atoms with Crippen LogP contribution in [0, 0.1) is 11.6 Å². The predicted octanol–water partition coefficient (Wildman–Crippen LogP) is 4.33. The van der Waals surface area contributed by atoms with Crippen LogP contribution in [-0.2, 0) is 6.54 Å². The number of rotatable bonds is 4. The van der Waals surface area contributed by atoms with Gasteiger partial charge in [-0.05, 0) is 30.3 Å². The van der Waals surface area contributed by atoms with E-state index in [-0.39, 0.29) is 18.2 Å². The molecule has 0 fully saturated rings. The van der Waals surface area contributed by atoms with Gasteiger partial charge in [-0.2, -0.15) is 5.10 Å². The molecule has 4 rings (SSSR count). The fraction of sp³-hybridized carbons (Fsp3) is 0.0500. The monoisotopic (exact) mass is 348 g/mol. The minimum Gasteiger partial charge on any atom is -0.260 e. The largest absolute Gasteiger partial charge is 0.260 e. The highest BCUT2D eigenvalue weighted by Crippen LogP contribution is 2.27. The van der Waals surface area contributed by atoms with E-state index in [4.69, 9.17) is 0 Å². The zero-order valence-electron chi connectivity index (χ0n) is 13.7. The van der Waals surface area contributed by atoms with Crippen molar-refractivity contribution in [3.8, 4) is 22.8 Å². The van der Waals surface area contributed by atoms with E-state index in [1.54, 1.807) is 65.6 Å². The number of hydrogen-bond donors (Lipinski definition) is 0. The third-order valence-corrected chi connectivity index (χ3v) is 4.00. The summed E-state index contributed by atoms with van der Waals surface area (Å²) in [5.74, 6) is -0.278. The fourth-order valence-electron chi connectivity index (χ4n) is 2.75. The Bertz CT molecular complexity index is 1040. The van der Waals surface area contributed by atoms with E-state index in [0.29, 0.717) is 28.3 Å². The molecule has 128 valence electrons. The average Bonchev–Trinajstić information content (AvgIpc) is 3.08. The van der Waals surface area contributed by atoms with Crippen LogP contribution in [-0.4, -0.2) is 19.7 Å². The van der Waals surface area contributed by atoms with Gasteiger partial charge in [0.1, 0.15) is 17.3 Å². The van der Waals surface area contributed by atoms with Crippen LogP contribution >= 0.6 is 0 Å². The van der Waals surface area contributed by atoms with Crippen molar-refractivity contribution in [1.29, 1.82) is 0 Å². The molecule has 0 radical (unpaired) electrons. The smallest absolute Gasteiger partial charge is 0.180 e. The molecule has 2 aromatic heterocycles. The molecule has 0 amide bonds. The molecule has 4 aromatic rings. The first-order chi connectivity index (χ1) is 12.7. The van der Waals surface area contributed by atoms with Crippen molar-refractivity contribution in [3.05, 3.63) is 90.3 Å². The third-order valence-electron chi connectivity index (χ3n) is 4.00. The Hall–Kier alpha value is -3.41. The molecular formula is C20H14F2N4. The first kappa shape index (κ1) is 16.1. The van der Waals surface area contributed by atoms with Gasteiger partial charge in [0, 0.05) is 23.5 Å². The molecule has 0 aliphatic rings. The van der Waals surface area contributed by atoms with Crippen molar-refractivity contribution in [1.82, 2.24) is 19.7 Å². The maximum Gasteiger partial charge on any atom is 0.180 e. The van der Waals surface area contributed by atoms with Crippen LogP contribution in [0.15, 0.2) is 73.1 Å². The van der Waals surface area contributed by atoms with Crippen LogP contribution in [0.4, 0.5) is 8.78 Å². The highest BCUT2D eigenvalue weighted by atomic mass is 19.1. The lowest BCUT2D eigenvalue weighted by molar-refractivity contribution is 0.585. The summed E-state index contributed by atoms with van der Waals surface area (Å²) < 4.78 is 30.0. The summed E-state index contributed by atoms with van der Waals surface area (Å²) in [6.07, 6.45) is 3.22. The maximum absolute atomic E-state index is 14.3. The van der Waals surface area contributed by atoms with Crippen molar-refractivity contribution < 1.29 is 8.78 Å². The van der Waals surface area contributed by atoms with Crippen LogP contribution < -0.4 is 0 Å². The summed E-state index contributed by atoms with van der Waals surface area (Å²) in [7, 11) is 0. The molecule has 0 aliphatic carbocycles. The van der Waals surface area contributed by atoms with Gasteiger partial charge in [0.2, 0.25) is 0 Å². The van der Waals surface area contributed by atoms with Crippen molar-refractivity contribution in [2.75, 3.05) is 0 Å². The molecule has 2 heterocycles. The van der Waals surface area contributed by atoms with Gasteiger partial charge >= 0.3 is 0 Å². The average molecular weight is 348 g/mol. The molecule has 2 aromatic carbocycles. The Morgan fingerprint density at radius 2 is 1.50 bits per heavy atom. The highest BCUT2D eigenvalue weighted by Gasteiger charge is 2.16. The van der Waals surface area contributed by atoms with Gasteiger partial charge in [-0.3, -0.25) is 4.68 Å². The van der Waals surface area contributed by atoms with Crippen LogP contribution in [0.3, 0.4) is 0 Å². The van der Waals surface area contributed by atoms with Gasteiger partial charge in [-0.15, -0.1) is 0 Å². The van der Waals surface area contributed by atoms with Crippen LogP contribution in [0.2, 0.25) is 0 Å². The zero-order valence-corrected chi connectivity index (χ0v) is 13.7. The standard InChI is InChI=1S/C20H14F2N4/c21-16-8-3-1-6-14(16)13-26-19(15-7-2-4-9-17(15)22)12-18(25-26)20-23-10-5-11-24-20/h1-12H,13H2. The maximum atomic E-state index is 14.3. The normalized spacial score (nSPS) is 10.8. The first-order valence-corrected chi connectivity index (χ1v) is 8.06. The summed E-state index contributed by atoms with van der Waals surface area (Å²) in [6.45, 7) is 0.170. The third kappa shape index (κ3) is 3.09. The Kier molecular flexibility index (Phi) is 4.23. The zero-order chi connectivity index (χ0) is 17.9. The number of nitrogens with zero attached hydrogens (tertiary/aromatic N) is 4. The topological polar surface area (TPSA) is 43.6 Å². The lowest BCUT2D eigenvalue weighted by Gasteiger charge is -2.09. The fourth-order valence-corrected chi connectivity index (χ4v) is 2.75. The van der Waals surface area contributed by atoms with E-state index in [1.165, 1.54) is 12.1 Å². The molecule has 0 unspecified atom stereocenters. The molecule has 0 spiro atoms. The van der Waals surface area contributed by atoms with Gasteiger partial charge in [-0.1, -0.05) is 30.3 Å². The van der Waals surface area contributed by atoms with Gasteiger partial charge < -0.3 is 0 Å².